The average Bonchev–Trinajstić information content (AvgIpc) is 2.91. The molecule has 2 N–H and O–H groups in total. The Morgan fingerprint density at radius 2 is 1.81 bits per heavy atom. The second kappa shape index (κ2) is 5.37. The average molecular weight is 343 g/mol. The predicted molar refractivity (Wildman–Crippen MR) is 89.9 cm³/mol. The Balaban J connectivity index is 1.88. The summed E-state index contributed by atoms with van der Waals surface area (Å²) in [7, 11) is 0. The van der Waals surface area contributed by atoms with Gasteiger partial charge in [0.15, 0.2) is 0 Å². The molecular formula is C17H15BrN2O. The Bertz CT molecular complexity index is 813. The summed E-state index contributed by atoms with van der Waals surface area (Å²) in [4.78, 5) is 15.5. The molecule has 3 nitrogen and oxygen atoms in total. The van der Waals surface area contributed by atoms with Crippen molar-refractivity contribution in [2.24, 2.45) is 0 Å². The third-order valence-corrected chi connectivity index (χ3v) is 4.76. The van der Waals surface area contributed by atoms with E-state index in [9.17, 15) is 4.79 Å². The smallest absolute Gasteiger partial charge is 0.255 e. The topological polar surface area (TPSA) is 44.9 Å². The summed E-state index contributed by atoms with van der Waals surface area (Å²) in [6.07, 6.45) is 1.87. The number of hydrogen-bond acceptors (Lipinski definition) is 1. The molecule has 0 bridgehead atoms. The fourth-order valence-corrected chi connectivity index (χ4v) is 2.64. The van der Waals surface area contributed by atoms with E-state index >= 15 is 0 Å². The summed E-state index contributed by atoms with van der Waals surface area (Å²) in [5.74, 6) is -0.104. The molecule has 0 aliphatic rings. The molecule has 0 unspecified atom stereocenters. The number of carbonyl (C=O) groups excluding carboxylic acids is 1. The number of halogens is 1. The van der Waals surface area contributed by atoms with E-state index in [0.717, 1.165) is 32.2 Å². The van der Waals surface area contributed by atoms with Crippen molar-refractivity contribution in [3.05, 3.63) is 63.8 Å². The molecule has 0 aliphatic heterocycles. The molecule has 1 aromatic heterocycles. The van der Waals surface area contributed by atoms with E-state index in [1.807, 2.05) is 56.4 Å². The first-order chi connectivity index (χ1) is 10.0. The second-order valence-corrected chi connectivity index (χ2v) is 5.95. The van der Waals surface area contributed by atoms with Gasteiger partial charge in [0, 0.05) is 27.4 Å². The van der Waals surface area contributed by atoms with Crippen molar-refractivity contribution in [2.75, 3.05) is 5.32 Å². The van der Waals surface area contributed by atoms with Crippen molar-refractivity contribution in [1.29, 1.82) is 0 Å². The van der Waals surface area contributed by atoms with Gasteiger partial charge < -0.3 is 10.3 Å². The molecule has 0 fully saturated rings. The zero-order valence-corrected chi connectivity index (χ0v) is 13.4. The van der Waals surface area contributed by atoms with Crippen LogP contribution in [-0.2, 0) is 0 Å². The van der Waals surface area contributed by atoms with E-state index in [1.165, 1.54) is 0 Å². The van der Waals surface area contributed by atoms with Crippen LogP contribution in [0.25, 0.3) is 10.9 Å². The molecule has 0 saturated carbocycles. The maximum Gasteiger partial charge on any atom is 0.255 e. The maximum atomic E-state index is 12.4. The summed E-state index contributed by atoms with van der Waals surface area (Å²) in [5.41, 5.74) is 4.62. The van der Waals surface area contributed by atoms with Gasteiger partial charge in [-0.3, -0.25) is 4.79 Å². The molecule has 0 atom stereocenters. The number of anilines is 1. The van der Waals surface area contributed by atoms with Crippen molar-refractivity contribution in [3.8, 4) is 0 Å². The Morgan fingerprint density at radius 3 is 2.52 bits per heavy atom. The number of hydrogen-bond donors (Lipinski definition) is 2. The van der Waals surface area contributed by atoms with E-state index in [-0.39, 0.29) is 5.91 Å². The molecule has 21 heavy (non-hydrogen) atoms. The van der Waals surface area contributed by atoms with E-state index < -0.39 is 0 Å². The molecule has 0 saturated heterocycles. The van der Waals surface area contributed by atoms with Crippen LogP contribution in [0.2, 0.25) is 0 Å². The highest BCUT2D eigenvalue weighted by atomic mass is 79.9. The number of aryl methyl sites for hydroxylation is 2. The highest BCUT2D eigenvalue weighted by Crippen LogP contribution is 2.25. The van der Waals surface area contributed by atoms with E-state index in [1.54, 1.807) is 0 Å². The molecule has 4 heteroatoms. The monoisotopic (exact) mass is 342 g/mol. The summed E-state index contributed by atoms with van der Waals surface area (Å²) in [5, 5.41) is 4.05. The van der Waals surface area contributed by atoms with Crippen molar-refractivity contribution in [3.63, 3.8) is 0 Å². The van der Waals surface area contributed by atoms with Crippen LogP contribution in [0.1, 0.15) is 21.5 Å². The van der Waals surface area contributed by atoms with Gasteiger partial charge in [-0.25, -0.2) is 0 Å². The molecule has 1 amide bonds. The van der Waals surface area contributed by atoms with Crippen LogP contribution in [0.15, 0.2) is 47.1 Å². The van der Waals surface area contributed by atoms with Crippen molar-refractivity contribution < 1.29 is 4.79 Å². The van der Waals surface area contributed by atoms with Gasteiger partial charge >= 0.3 is 0 Å². The second-order valence-electron chi connectivity index (χ2n) is 5.16. The van der Waals surface area contributed by atoms with Crippen LogP contribution in [-0.4, -0.2) is 10.9 Å². The number of fused-ring (bicyclic) bond motifs is 1. The fourth-order valence-electron chi connectivity index (χ4n) is 2.41. The van der Waals surface area contributed by atoms with Gasteiger partial charge in [-0.1, -0.05) is 22.0 Å². The zero-order valence-electron chi connectivity index (χ0n) is 11.8. The molecule has 1 heterocycles. The molecule has 106 valence electrons. The van der Waals surface area contributed by atoms with Crippen LogP contribution in [0.3, 0.4) is 0 Å². The largest absolute Gasteiger partial charge is 0.361 e. The fraction of sp³-hybridized carbons (Fsp3) is 0.118. The first-order valence-corrected chi connectivity index (χ1v) is 7.49. The van der Waals surface area contributed by atoms with Crippen molar-refractivity contribution >= 4 is 38.4 Å². The SMILES string of the molecule is Cc1cc(NC(=O)c2ccc3cc[nH]c3c2)cc(C)c1Br. The zero-order chi connectivity index (χ0) is 15.0. The minimum Gasteiger partial charge on any atom is -0.361 e. The quantitative estimate of drug-likeness (QED) is 0.690. The molecule has 0 aliphatic carbocycles. The summed E-state index contributed by atoms with van der Waals surface area (Å²) >= 11 is 3.53. The Hall–Kier alpha value is -2.07. The van der Waals surface area contributed by atoms with Crippen molar-refractivity contribution in [1.82, 2.24) is 4.98 Å². The third kappa shape index (κ3) is 2.72. The Labute approximate surface area is 131 Å². The number of H-pyrrole nitrogens is 1. The minimum absolute atomic E-state index is 0.104. The van der Waals surface area contributed by atoms with Crippen LogP contribution >= 0.6 is 15.9 Å². The molecular weight excluding hydrogens is 328 g/mol. The number of rotatable bonds is 2. The standard InChI is InChI=1S/C17H15BrN2O/c1-10-7-14(8-11(2)16(10)18)20-17(21)13-4-3-12-5-6-19-15(12)9-13/h3-9,19H,1-2H3,(H,20,21). The Morgan fingerprint density at radius 1 is 1.10 bits per heavy atom. The first-order valence-electron chi connectivity index (χ1n) is 6.70. The van der Waals surface area contributed by atoms with E-state index in [4.69, 9.17) is 0 Å². The number of aromatic nitrogens is 1. The molecule has 0 radical (unpaired) electrons. The predicted octanol–water partition coefficient (Wildman–Crippen LogP) is 4.80. The lowest BCUT2D eigenvalue weighted by atomic mass is 10.1. The number of benzene rings is 2. The van der Waals surface area contributed by atoms with Gasteiger partial charge in [-0.15, -0.1) is 0 Å². The molecule has 3 rings (SSSR count). The first kappa shape index (κ1) is 13.9. The lowest BCUT2D eigenvalue weighted by Crippen LogP contribution is -2.12. The van der Waals surface area contributed by atoms with Crippen LogP contribution in [0.4, 0.5) is 5.69 Å². The molecule has 3 aromatic rings. The van der Waals surface area contributed by atoms with Crippen LogP contribution in [0.5, 0.6) is 0 Å². The van der Waals surface area contributed by atoms with Crippen LogP contribution < -0.4 is 5.32 Å². The highest BCUT2D eigenvalue weighted by molar-refractivity contribution is 9.10. The van der Waals surface area contributed by atoms with Gasteiger partial charge in [-0.2, -0.15) is 0 Å². The van der Waals surface area contributed by atoms with Gasteiger partial charge in [-0.05, 0) is 60.7 Å². The van der Waals surface area contributed by atoms with Gasteiger partial charge in [0.1, 0.15) is 0 Å². The molecule has 0 spiro atoms. The summed E-state index contributed by atoms with van der Waals surface area (Å²) in [6, 6.07) is 11.6. The lowest BCUT2D eigenvalue weighted by Gasteiger charge is -2.10. The normalized spacial score (nSPS) is 10.8. The highest BCUT2D eigenvalue weighted by Gasteiger charge is 2.09. The Kier molecular flexibility index (Phi) is 3.55. The number of carbonyl (C=O) groups is 1. The molecule has 2 aromatic carbocycles. The number of nitrogens with one attached hydrogen (secondary N) is 2. The summed E-state index contributed by atoms with van der Waals surface area (Å²) in [6.45, 7) is 4.02. The lowest BCUT2D eigenvalue weighted by molar-refractivity contribution is 0.102. The third-order valence-electron chi connectivity index (χ3n) is 3.51. The van der Waals surface area contributed by atoms with Crippen LogP contribution in [0, 0.1) is 13.8 Å². The minimum atomic E-state index is -0.104. The number of amides is 1. The van der Waals surface area contributed by atoms with Gasteiger partial charge in [0.05, 0.1) is 0 Å². The number of aromatic amines is 1. The van der Waals surface area contributed by atoms with E-state index in [0.29, 0.717) is 5.56 Å². The maximum absolute atomic E-state index is 12.4. The summed E-state index contributed by atoms with van der Waals surface area (Å²) < 4.78 is 1.08. The van der Waals surface area contributed by atoms with Crippen molar-refractivity contribution in [2.45, 2.75) is 13.8 Å². The van der Waals surface area contributed by atoms with E-state index in [2.05, 4.69) is 26.2 Å². The van der Waals surface area contributed by atoms with Gasteiger partial charge in [0.25, 0.3) is 5.91 Å². The van der Waals surface area contributed by atoms with Gasteiger partial charge in [0.2, 0.25) is 0 Å².